The molecule has 2 aromatic carbocycles. The van der Waals surface area contributed by atoms with E-state index in [0.717, 1.165) is 0 Å². The monoisotopic (exact) mass is 438 g/mol. The molecule has 2 aromatic rings. The molecule has 2 heterocycles. The highest BCUT2D eigenvalue weighted by atomic mass is 32.2. The van der Waals surface area contributed by atoms with Crippen LogP contribution in [0.4, 0.5) is 0 Å². The number of aliphatic hydroxyl groups is 1. The van der Waals surface area contributed by atoms with Gasteiger partial charge in [-0.3, -0.25) is 9.69 Å². The lowest BCUT2D eigenvalue weighted by Gasteiger charge is -2.38. The fourth-order valence-corrected chi connectivity index (χ4v) is 5.38. The summed E-state index contributed by atoms with van der Waals surface area (Å²) in [6.07, 6.45) is 0.0280. The van der Waals surface area contributed by atoms with E-state index >= 15 is 0 Å². The summed E-state index contributed by atoms with van der Waals surface area (Å²) in [7, 11) is 1.44. The molecule has 0 saturated carbocycles. The maximum Gasteiger partial charge on any atom is 0.231 e. The third-order valence-electron chi connectivity index (χ3n) is 5.54. The van der Waals surface area contributed by atoms with Crippen molar-refractivity contribution < 1.29 is 24.5 Å². The van der Waals surface area contributed by atoms with Gasteiger partial charge < -0.3 is 19.7 Å². The quantitative estimate of drug-likeness (QED) is 0.737. The van der Waals surface area contributed by atoms with Gasteiger partial charge in [0.25, 0.3) is 0 Å². The van der Waals surface area contributed by atoms with Gasteiger partial charge in [-0.15, -0.1) is 11.8 Å². The Morgan fingerprint density at radius 2 is 2.03 bits per heavy atom. The molecule has 1 fully saturated rings. The van der Waals surface area contributed by atoms with Gasteiger partial charge in [0.15, 0.2) is 17.2 Å². The highest BCUT2D eigenvalue weighted by molar-refractivity contribution is 8.03. The highest BCUT2D eigenvalue weighted by Gasteiger charge is 2.51. The standard InChI is InChI=1S/C23H22N2O5S/c1-3-30-16-7-5-15(6-8-16)23(28)13-31-22-18(12-24)17(11-21(27)25(22)23)14-4-9-19(26)20(10-14)29-2/h4-10,17,26,28H,3,11,13H2,1-2H3/t17-,23-/m1/s1. The molecule has 0 bridgehead atoms. The first-order valence-corrected chi connectivity index (χ1v) is 10.8. The van der Waals surface area contributed by atoms with Crippen LogP contribution in [0.5, 0.6) is 17.2 Å². The van der Waals surface area contributed by atoms with Crippen LogP contribution in [0.3, 0.4) is 0 Å². The molecule has 2 atom stereocenters. The van der Waals surface area contributed by atoms with Crippen molar-refractivity contribution >= 4 is 17.7 Å². The lowest BCUT2D eigenvalue weighted by atomic mass is 9.85. The normalized spacial score (nSPS) is 22.8. The molecule has 0 radical (unpaired) electrons. The molecule has 0 aromatic heterocycles. The van der Waals surface area contributed by atoms with Crippen LogP contribution in [-0.2, 0) is 10.5 Å². The minimum Gasteiger partial charge on any atom is -0.504 e. The predicted molar refractivity (Wildman–Crippen MR) is 115 cm³/mol. The first kappa shape index (κ1) is 21.1. The summed E-state index contributed by atoms with van der Waals surface area (Å²) >= 11 is 1.29. The van der Waals surface area contributed by atoms with E-state index < -0.39 is 11.6 Å². The molecular formula is C23H22N2O5S. The highest BCUT2D eigenvalue weighted by Crippen LogP contribution is 2.52. The summed E-state index contributed by atoms with van der Waals surface area (Å²) in [6.45, 7) is 2.42. The summed E-state index contributed by atoms with van der Waals surface area (Å²) < 4.78 is 10.6. The zero-order valence-corrected chi connectivity index (χ0v) is 18.0. The Kier molecular flexibility index (Phi) is 5.56. The molecule has 2 N–H and O–H groups in total. The number of carbonyl (C=O) groups is 1. The van der Waals surface area contributed by atoms with Crippen LogP contribution in [0, 0.1) is 11.3 Å². The average Bonchev–Trinajstić information content (AvgIpc) is 3.14. The largest absolute Gasteiger partial charge is 0.504 e. The molecule has 160 valence electrons. The van der Waals surface area contributed by atoms with Crippen LogP contribution in [-0.4, -0.2) is 40.5 Å². The Hall–Kier alpha value is -3.15. The van der Waals surface area contributed by atoms with Gasteiger partial charge in [-0.05, 0) is 36.8 Å². The summed E-state index contributed by atoms with van der Waals surface area (Å²) in [6, 6.07) is 14.0. The summed E-state index contributed by atoms with van der Waals surface area (Å²) in [5.41, 5.74) is 0.138. The summed E-state index contributed by atoms with van der Waals surface area (Å²) in [4.78, 5) is 14.6. The van der Waals surface area contributed by atoms with Crippen LogP contribution >= 0.6 is 11.8 Å². The summed E-state index contributed by atoms with van der Waals surface area (Å²) in [5.74, 6) is 0.417. The van der Waals surface area contributed by atoms with Gasteiger partial charge >= 0.3 is 0 Å². The molecule has 0 aliphatic carbocycles. The number of phenolic OH excluding ortho intramolecular Hbond substituents is 1. The van der Waals surface area contributed by atoms with E-state index in [4.69, 9.17) is 9.47 Å². The van der Waals surface area contributed by atoms with Gasteiger partial charge in [0.1, 0.15) is 5.75 Å². The second-order valence-corrected chi connectivity index (χ2v) is 8.27. The molecule has 31 heavy (non-hydrogen) atoms. The van der Waals surface area contributed by atoms with E-state index in [0.29, 0.717) is 34.1 Å². The van der Waals surface area contributed by atoms with Crippen molar-refractivity contribution in [3.05, 3.63) is 64.2 Å². The summed E-state index contributed by atoms with van der Waals surface area (Å²) in [5, 5.41) is 31.8. The molecule has 4 rings (SSSR count). The number of fused-ring (bicyclic) bond motifs is 1. The number of hydrogen-bond acceptors (Lipinski definition) is 7. The Labute approximate surface area is 184 Å². The molecule has 8 heteroatoms. The van der Waals surface area contributed by atoms with Crippen molar-refractivity contribution in [1.29, 1.82) is 5.26 Å². The van der Waals surface area contributed by atoms with Crippen molar-refractivity contribution in [2.45, 2.75) is 25.0 Å². The smallest absolute Gasteiger partial charge is 0.231 e. The number of rotatable bonds is 5. The van der Waals surface area contributed by atoms with Crippen LogP contribution < -0.4 is 9.47 Å². The second kappa shape index (κ2) is 8.17. The van der Waals surface area contributed by atoms with E-state index in [-0.39, 0.29) is 29.6 Å². The predicted octanol–water partition coefficient (Wildman–Crippen LogP) is 3.44. The lowest BCUT2D eigenvalue weighted by molar-refractivity contribution is -0.149. The minimum absolute atomic E-state index is 0.0127. The number of phenols is 1. The van der Waals surface area contributed by atoms with Crippen molar-refractivity contribution in [1.82, 2.24) is 4.90 Å². The molecule has 2 aliphatic heterocycles. The zero-order chi connectivity index (χ0) is 22.2. The Bertz CT molecular complexity index is 1090. The number of ether oxygens (including phenoxy) is 2. The third kappa shape index (κ3) is 3.50. The molecule has 1 saturated heterocycles. The topological polar surface area (TPSA) is 103 Å². The Morgan fingerprint density at radius 1 is 1.29 bits per heavy atom. The molecule has 1 amide bonds. The molecule has 2 aliphatic rings. The Morgan fingerprint density at radius 3 is 2.68 bits per heavy atom. The van der Waals surface area contributed by atoms with E-state index in [1.165, 1.54) is 29.8 Å². The number of benzene rings is 2. The van der Waals surface area contributed by atoms with Crippen molar-refractivity contribution in [2.75, 3.05) is 19.5 Å². The third-order valence-corrected chi connectivity index (χ3v) is 6.77. The maximum atomic E-state index is 13.2. The number of allylic oxidation sites excluding steroid dienone is 1. The van der Waals surface area contributed by atoms with Gasteiger partial charge in [-0.2, -0.15) is 5.26 Å². The molecule has 7 nitrogen and oxygen atoms in total. The maximum absolute atomic E-state index is 13.2. The SMILES string of the molecule is CCOc1ccc([C@]2(O)CSC3=C(C#N)[C@@H](c4ccc(O)c(OC)c4)CC(=O)N32)cc1. The second-order valence-electron chi connectivity index (χ2n) is 7.31. The van der Waals surface area contributed by atoms with E-state index in [2.05, 4.69) is 6.07 Å². The number of nitriles is 1. The number of methoxy groups -OCH3 is 1. The van der Waals surface area contributed by atoms with Gasteiger partial charge in [0.2, 0.25) is 5.91 Å². The van der Waals surface area contributed by atoms with E-state index in [1.54, 1.807) is 36.4 Å². The van der Waals surface area contributed by atoms with Gasteiger partial charge in [-0.1, -0.05) is 18.2 Å². The van der Waals surface area contributed by atoms with Crippen LogP contribution in [0.1, 0.15) is 30.4 Å². The van der Waals surface area contributed by atoms with Crippen molar-refractivity contribution in [3.8, 4) is 23.3 Å². The molecule has 0 spiro atoms. The molecule has 0 unspecified atom stereocenters. The number of aromatic hydroxyl groups is 1. The lowest BCUT2D eigenvalue weighted by Crippen LogP contribution is -2.48. The first-order chi connectivity index (χ1) is 14.9. The van der Waals surface area contributed by atoms with Crippen molar-refractivity contribution in [2.24, 2.45) is 0 Å². The van der Waals surface area contributed by atoms with Crippen molar-refractivity contribution in [3.63, 3.8) is 0 Å². The van der Waals surface area contributed by atoms with Crippen LogP contribution in [0.2, 0.25) is 0 Å². The fraction of sp³-hybridized carbons (Fsp3) is 0.304. The number of nitrogens with zero attached hydrogens (tertiary/aromatic N) is 2. The van der Waals surface area contributed by atoms with Gasteiger partial charge in [-0.25, -0.2) is 0 Å². The van der Waals surface area contributed by atoms with E-state index in [1.807, 2.05) is 6.92 Å². The average molecular weight is 439 g/mol. The van der Waals surface area contributed by atoms with Gasteiger partial charge in [0.05, 0.1) is 36.1 Å². The number of thioether (sulfide) groups is 1. The number of amides is 1. The number of carbonyl (C=O) groups excluding carboxylic acids is 1. The van der Waals surface area contributed by atoms with Crippen LogP contribution in [0.25, 0.3) is 0 Å². The minimum atomic E-state index is -1.54. The van der Waals surface area contributed by atoms with E-state index in [9.17, 15) is 20.3 Å². The van der Waals surface area contributed by atoms with Gasteiger partial charge in [0, 0.05) is 17.9 Å². The molecular weight excluding hydrogens is 416 g/mol. The Balaban J connectivity index is 1.74. The zero-order valence-electron chi connectivity index (χ0n) is 17.2. The van der Waals surface area contributed by atoms with Crippen LogP contribution in [0.15, 0.2) is 53.1 Å². The fourth-order valence-electron chi connectivity index (χ4n) is 4.02. The first-order valence-electron chi connectivity index (χ1n) is 9.85. The number of hydrogen-bond donors (Lipinski definition) is 2.